The van der Waals surface area contributed by atoms with Crippen molar-refractivity contribution in [2.24, 2.45) is 0 Å². The molecule has 4 nitrogen and oxygen atoms in total. The molecule has 2 N–H and O–H groups in total. The molecule has 22 heavy (non-hydrogen) atoms. The summed E-state index contributed by atoms with van der Waals surface area (Å²) >= 11 is 6.09. The molecule has 1 aromatic carbocycles. The van der Waals surface area contributed by atoms with E-state index in [1.165, 1.54) is 0 Å². The first-order chi connectivity index (χ1) is 10.5. The number of carbonyl (C=O) groups is 1. The first-order valence-electron chi connectivity index (χ1n) is 8.00. The molecule has 2 fully saturated rings. The zero-order valence-electron chi connectivity index (χ0n) is 12.7. The van der Waals surface area contributed by atoms with Crippen LogP contribution < -0.4 is 0 Å². The Morgan fingerprint density at radius 1 is 1.36 bits per heavy atom. The van der Waals surface area contributed by atoms with Crippen molar-refractivity contribution in [1.29, 1.82) is 0 Å². The zero-order valence-corrected chi connectivity index (χ0v) is 13.5. The molecule has 2 aliphatic heterocycles. The van der Waals surface area contributed by atoms with E-state index in [9.17, 15) is 15.0 Å². The molecule has 2 heterocycles. The largest absolute Gasteiger partial charge is 0.465 e. The van der Waals surface area contributed by atoms with E-state index in [2.05, 4.69) is 0 Å². The molecule has 3 unspecified atom stereocenters. The highest BCUT2D eigenvalue weighted by molar-refractivity contribution is 6.30. The standard InChI is InChI=1S/C17H22ClNO3/c1-2-16(20)15-9-11(18)3-6-14(15)10-7-12-4-5-13(8-10)19(12)17(21)22/h3,6,9-10,12-13,16,20H,2,4-5,7-8H2,1H3,(H,21,22). The van der Waals surface area contributed by atoms with Crippen LogP contribution in [0.25, 0.3) is 0 Å². The molecule has 2 saturated heterocycles. The van der Waals surface area contributed by atoms with Gasteiger partial charge < -0.3 is 15.1 Å². The van der Waals surface area contributed by atoms with Gasteiger partial charge in [-0.25, -0.2) is 4.79 Å². The second-order valence-electron chi connectivity index (χ2n) is 6.44. The van der Waals surface area contributed by atoms with Crippen LogP contribution in [0.4, 0.5) is 4.79 Å². The number of carboxylic acid groups (broad SMARTS) is 1. The van der Waals surface area contributed by atoms with Crippen LogP contribution in [0.3, 0.4) is 0 Å². The number of aliphatic hydroxyl groups is 1. The molecule has 0 saturated carbocycles. The molecule has 0 aromatic heterocycles. The summed E-state index contributed by atoms with van der Waals surface area (Å²) in [5.41, 5.74) is 2.05. The predicted octanol–water partition coefficient (Wildman–Crippen LogP) is 4.17. The van der Waals surface area contributed by atoms with Gasteiger partial charge in [0.05, 0.1) is 6.10 Å². The van der Waals surface area contributed by atoms with E-state index < -0.39 is 12.2 Å². The number of aliphatic hydroxyl groups excluding tert-OH is 1. The summed E-state index contributed by atoms with van der Waals surface area (Å²) in [5, 5.41) is 20.3. The molecule has 3 rings (SSSR count). The van der Waals surface area contributed by atoms with E-state index in [-0.39, 0.29) is 12.1 Å². The quantitative estimate of drug-likeness (QED) is 0.877. The minimum atomic E-state index is -0.795. The number of rotatable bonds is 3. The van der Waals surface area contributed by atoms with Gasteiger partial charge in [0.15, 0.2) is 0 Å². The van der Waals surface area contributed by atoms with Crippen molar-refractivity contribution in [2.75, 3.05) is 0 Å². The summed E-state index contributed by atoms with van der Waals surface area (Å²) in [4.78, 5) is 13.0. The number of benzene rings is 1. The van der Waals surface area contributed by atoms with Crippen LogP contribution in [0.15, 0.2) is 18.2 Å². The van der Waals surface area contributed by atoms with Crippen LogP contribution in [0.2, 0.25) is 5.02 Å². The number of fused-ring (bicyclic) bond motifs is 2. The van der Waals surface area contributed by atoms with Crippen molar-refractivity contribution in [1.82, 2.24) is 4.90 Å². The highest BCUT2D eigenvalue weighted by Gasteiger charge is 2.44. The summed E-state index contributed by atoms with van der Waals surface area (Å²) < 4.78 is 0. The Morgan fingerprint density at radius 3 is 2.55 bits per heavy atom. The van der Waals surface area contributed by atoms with Crippen LogP contribution in [0.5, 0.6) is 0 Å². The van der Waals surface area contributed by atoms with Gasteiger partial charge in [0.1, 0.15) is 0 Å². The average Bonchev–Trinajstić information content (AvgIpc) is 2.77. The maximum Gasteiger partial charge on any atom is 0.407 e. The second-order valence-corrected chi connectivity index (χ2v) is 6.88. The van der Waals surface area contributed by atoms with Gasteiger partial charge in [-0.2, -0.15) is 0 Å². The van der Waals surface area contributed by atoms with E-state index in [1.54, 1.807) is 4.90 Å². The summed E-state index contributed by atoms with van der Waals surface area (Å²) in [6, 6.07) is 5.97. The topological polar surface area (TPSA) is 60.8 Å². The van der Waals surface area contributed by atoms with Gasteiger partial charge in [-0.05, 0) is 61.3 Å². The van der Waals surface area contributed by atoms with E-state index in [1.807, 2.05) is 25.1 Å². The fourth-order valence-electron chi connectivity index (χ4n) is 4.17. The van der Waals surface area contributed by atoms with Crippen LogP contribution in [-0.2, 0) is 0 Å². The Bertz CT molecular complexity index is 563. The second kappa shape index (κ2) is 6.09. The number of halogens is 1. The van der Waals surface area contributed by atoms with Gasteiger partial charge in [-0.3, -0.25) is 0 Å². The summed E-state index contributed by atoms with van der Waals surface area (Å²) in [6.07, 6.45) is 2.93. The van der Waals surface area contributed by atoms with Crippen LogP contribution >= 0.6 is 11.6 Å². The van der Waals surface area contributed by atoms with Crippen molar-refractivity contribution in [3.63, 3.8) is 0 Å². The Kier molecular flexibility index (Phi) is 4.33. The number of hydrogen-bond acceptors (Lipinski definition) is 2. The normalized spacial score (nSPS) is 28.7. The maximum atomic E-state index is 11.4. The van der Waals surface area contributed by atoms with E-state index in [0.717, 1.165) is 36.8 Å². The molecule has 120 valence electrons. The van der Waals surface area contributed by atoms with Crippen LogP contribution in [-0.4, -0.2) is 33.3 Å². The lowest BCUT2D eigenvalue weighted by atomic mass is 9.81. The minimum Gasteiger partial charge on any atom is -0.465 e. The first-order valence-corrected chi connectivity index (χ1v) is 8.37. The lowest BCUT2D eigenvalue weighted by molar-refractivity contribution is 0.0957. The molecule has 0 aliphatic carbocycles. The summed E-state index contributed by atoms with van der Waals surface area (Å²) in [7, 11) is 0. The van der Waals surface area contributed by atoms with Gasteiger partial charge in [-0.1, -0.05) is 24.6 Å². The molecule has 0 radical (unpaired) electrons. The fraction of sp³-hybridized carbons (Fsp3) is 0.588. The van der Waals surface area contributed by atoms with Crippen molar-refractivity contribution < 1.29 is 15.0 Å². The summed E-state index contributed by atoms with van der Waals surface area (Å²) in [5.74, 6) is 0.307. The number of amides is 1. The smallest absolute Gasteiger partial charge is 0.407 e. The lowest BCUT2D eigenvalue weighted by Gasteiger charge is -2.38. The molecule has 5 heteroatoms. The molecule has 0 spiro atoms. The molecule has 1 amide bonds. The third-order valence-corrected chi connectivity index (χ3v) is 5.42. The van der Waals surface area contributed by atoms with E-state index >= 15 is 0 Å². The highest BCUT2D eigenvalue weighted by Crippen LogP contribution is 2.45. The maximum absolute atomic E-state index is 11.4. The Balaban J connectivity index is 1.89. The third-order valence-electron chi connectivity index (χ3n) is 5.19. The van der Waals surface area contributed by atoms with E-state index in [0.29, 0.717) is 17.4 Å². The van der Waals surface area contributed by atoms with Gasteiger partial charge >= 0.3 is 6.09 Å². The molecule has 3 atom stereocenters. The molecule has 2 bridgehead atoms. The molecular weight excluding hydrogens is 302 g/mol. The third kappa shape index (κ3) is 2.70. The van der Waals surface area contributed by atoms with Gasteiger partial charge in [0.25, 0.3) is 0 Å². The minimum absolute atomic E-state index is 0.114. The van der Waals surface area contributed by atoms with Crippen LogP contribution in [0.1, 0.15) is 62.2 Å². The predicted molar refractivity (Wildman–Crippen MR) is 85.4 cm³/mol. The van der Waals surface area contributed by atoms with Gasteiger partial charge in [0.2, 0.25) is 0 Å². The number of hydrogen-bond donors (Lipinski definition) is 2. The zero-order chi connectivity index (χ0) is 15.9. The van der Waals surface area contributed by atoms with Gasteiger partial charge in [-0.15, -0.1) is 0 Å². The highest BCUT2D eigenvalue weighted by atomic mass is 35.5. The van der Waals surface area contributed by atoms with E-state index in [4.69, 9.17) is 11.6 Å². The number of piperidine rings is 1. The Morgan fingerprint density at radius 2 is 2.00 bits per heavy atom. The first kappa shape index (κ1) is 15.6. The Hall–Kier alpha value is -1.26. The monoisotopic (exact) mass is 323 g/mol. The molecular formula is C17H22ClNO3. The lowest BCUT2D eigenvalue weighted by Crippen LogP contribution is -2.45. The summed E-state index contributed by atoms with van der Waals surface area (Å²) in [6.45, 7) is 1.95. The van der Waals surface area contributed by atoms with Crippen molar-refractivity contribution in [3.05, 3.63) is 34.3 Å². The Labute approximate surface area is 135 Å². The SMILES string of the molecule is CCC(O)c1cc(Cl)ccc1C1CC2CCC(C1)N2C(=O)O. The molecule has 2 aliphatic rings. The molecule has 1 aromatic rings. The van der Waals surface area contributed by atoms with Crippen LogP contribution in [0, 0.1) is 0 Å². The fourth-order valence-corrected chi connectivity index (χ4v) is 4.35. The van der Waals surface area contributed by atoms with Gasteiger partial charge in [0, 0.05) is 17.1 Å². The van der Waals surface area contributed by atoms with Crippen molar-refractivity contribution in [3.8, 4) is 0 Å². The average molecular weight is 324 g/mol. The van der Waals surface area contributed by atoms with Crippen molar-refractivity contribution >= 4 is 17.7 Å². The van der Waals surface area contributed by atoms with Crippen molar-refractivity contribution in [2.45, 2.75) is 63.1 Å². The number of nitrogens with zero attached hydrogens (tertiary/aromatic N) is 1.